The lowest BCUT2D eigenvalue weighted by Gasteiger charge is -2.21. The molecule has 4 aromatic rings. The number of hydrogen-bond donors (Lipinski definition) is 0. The van der Waals surface area contributed by atoms with Crippen LogP contribution in [0.3, 0.4) is 0 Å². The second-order valence-corrected chi connectivity index (χ2v) is 7.34. The van der Waals surface area contributed by atoms with Crippen LogP contribution in [0.25, 0.3) is 11.1 Å². The van der Waals surface area contributed by atoms with Gasteiger partial charge in [-0.15, -0.1) is 11.3 Å². The zero-order chi connectivity index (χ0) is 19.2. The number of hydrogen-bond acceptors (Lipinski definition) is 4. The molecule has 0 radical (unpaired) electrons. The van der Waals surface area contributed by atoms with Crippen LogP contribution in [0.5, 0.6) is 0 Å². The van der Waals surface area contributed by atoms with Gasteiger partial charge in [-0.2, -0.15) is 0 Å². The first-order chi connectivity index (χ1) is 13.8. The highest BCUT2D eigenvalue weighted by atomic mass is 32.1. The van der Waals surface area contributed by atoms with Crippen LogP contribution >= 0.6 is 11.3 Å². The van der Waals surface area contributed by atoms with Crippen LogP contribution in [0.2, 0.25) is 0 Å². The monoisotopic (exact) mass is 385 g/mol. The third kappa shape index (κ3) is 4.32. The van der Waals surface area contributed by atoms with Gasteiger partial charge >= 0.3 is 0 Å². The summed E-state index contributed by atoms with van der Waals surface area (Å²) in [4.78, 5) is 23.3. The minimum absolute atomic E-state index is 0.0945. The summed E-state index contributed by atoms with van der Waals surface area (Å²) in [5.41, 5.74) is 3.85. The molecule has 0 saturated carbocycles. The first kappa shape index (κ1) is 18.1. The Morgan fingerprint density at radius 1 is 0.786 bits per heavy atom. The fourth-order valence-corrected chi connectivity index (χ4v) is 3.63. The van der Waals surface area contributed by atoms with Crippen molar-refractivity contribution in [1.29, 1.82) is 0 Å². The molecule has 2 heterocycles. The van der Waals surface area contributed by atoms with E-state index in [0.717, 1.165) is 16.1 Å². The Bertz CT molecular complexity index is 1020. The Hall–Kier alpha value is -3.31. The molecule has 0 spiro atoms. The molecular formula is C23H19N3OS. The van der Waals surface area contributed by atoms with Gasteiger partial charge in [0.05, 0.1) is 6.54 Å². The highest BCUT2D eigenvalue weighted by molar-refractivity contribution is 7.09. The summed E-state index contributed by atoms with van der Waals surface area (Å²) in [5.74, 6) is -0.0945. The third-order valence-corrected chi connectivity index (χ3v) is 5.18. The number of pyridine rings is 1. The number of benzene rings is 2. The number of thiazole rings is 1. The number of amides is 1. The van der Waals surface area contributed by atoms with Crippen molar-refractivity contribution in [1.82, 2.24) is 14.9 Å². The van der Waals surface area contributed by atoms with E-state index >= 15 is 0 Å². The summed E-state index contributed by atoms with van der Waals surface area (Å²) in [5, 5.41) is 2.83. The standard InChI is InChI=1S/C23H19N3OS/c27-23(21-8-4-5-13-24-21)26(17-22-25-14-15-28-22)16-18-9-11-20(12-10-18)19-6-2-1-3-7-19/h1-15H,16-17H2. The maximum absolute atomic E-state index is 13.0. The number of carbonyl (C=O) groups excluding carboxylic acids is 1. The Kier molecular flexibility index (Phi) is 5.54. The van der Waals surface area contributed by atoms with E-state index in [1.54, 1.807) is 34.7 Å². The molecular weight excluding hydrogens is 366 g/mol. The maximum Gasteiger partial charge on any atom is 0.273 e. The molecule has 0 fully saturated rings. The number of carbonyl (C=O) groups is 1. The van der Waals surface area contributed by atoms with Gasteiger partial charge in [0, 0.05) is 24.3 Å². The molecule has 1 amide bonds. The highest BCUT2D eigenvalue weighted by Gasteiger charge is 2.18. The molecule has 2 aromatic carbocycles. The summed E-state index contributed by atoms with van der Waals surface area (Å²) in [6.07, 6.45) is 3.40. The third-order valence-electron chi connectivity index (χ3n) is 4.42. The summed E-state index contributed by atoms with van der Waals surface area (Å²) < 4.78 is 0. The molecule has 0 aliphatic rings. The highest BCUT2D eigenvalue weighted by Crippen LogP contribution is 2.21. The zero-order valence-electron chi connectivity index (χ0n) is 15.2. The Labute approximate surface area is 168 Å². The van der Waals surface area contributed by atoms with Crippen LogP contribution in [-0.4, -0.2) is 20.8 Å². The van der Waals surface area contributed by atoms with Gasteiger partial charge in [-0.1, -0.05) is 60.7 Å². The van der Waals surface area contributed by atoms with Gasteiger partial charge in [0.25, 0.3) is 5.91 Å². The average Bonchev–Trinajstić information content (AvgIpc) is 3.28. The first-order valence-electron chi connectivity index (χ1n) is 9.02. The second kappa shape index (κ2) is 8.59. The van der Waals surface area contributed by atoms with Crippen LogP contribution in [0, 0.1) is 0 Å². The van der Waals surface area contributed by atoms with Crippen LogP contribution in [-0.2, 0) is 13.1 Å². The van der Waals surface area contributed by atoms with Crippen molar-refractivity contribution < 1.29 is 4.79 Å². The van der Waals surface area contributed by atoms with Crippen molar-refractivity contribution in [3.05, 3.63) is 107 Å². The smallest absolute Gasteiger partial charge is 0.273 e. The summed E-state index contributed by atoms with van der Waals surface area (Å²) in [6, 6.07) is 24.0. The quantitative estimate of drug-likeness (QED) is 0.467. The van der Waals surface area contributed by atoms with Gasteiger partial charge in [0.2, 0.25) is 0 Å². The zero-order valence-corrected chi connectivity index (χ0v) is 16.0. The predicted octanol–water partition coefficient (Wildman–Crippen LogP) is 5.05. The fraction of sp³-hybridized carbons (Fsp3) is 0.0870. The van der Waals surface area contributed by atoms with E-state index in [1.165, 1.54) is 5.56 Å². The fourth-order valence-electron chi connectivity index (χ4n) is 3.00. The van der Waals surface area contributed by atoms with Gasteiger partial charge < -0.3 is 4.90 Å². The van der Waals surface area contributed by atoms with E-state index in [9.17, 15) is 4.79 Å². The predicted molar refractivity (Wildman–Crippen MR) is 112 cm³/mol. The Balaban J connectivity index is 1.56. The molecule has 28 heavy (non-hydrogen) atoms. The molecule has 2 aromatic heterocycles. The Morgan fingerprint density at radius 2 is 1.54 bits per heavy atom. The number of aromatic nitrogens is 2. The molecule has 0 aliphatic carbocycles. The molecule has 138 valence electrons. The lowest BCUT2D eigenvalue weighted by molar-refractivity contribution is 0.0724. The van der Waals surface area contributed by atoms with Crippen molar-refractivity contribution >= 4 is 17.2 Å². The van der Waals surface area contributed by atoms with E-state index in [-0.39, 0.29) is 5.91 Å². The normalized spacial score (nSPS) is 10.6. The molecule has 5 heteroatoms. The first-order valence-corrected chi connectivity index (χ1v) is 9.90. The van der Waals surface area contributed by atoms with E-state index in [4.69, 9.17) is 0 Å². The minimum Gasteiger partial charge on any atom is -0.326 e. The summed E-state index contributed by atoms with van der Waals surface area (Å²) >= 11 is 1.55. The number of nitrogens with zero attached hydrogens (tertiary/aromatic N) is 3. The molecule has 0 N–H and O–H groups in total. The van der Waals surface area contributed by atoms with E-state index in [0.29, 0.717) is 18.8 Å². The van der Waals surface area contributed by atoms with Crippen molar-refractivity contribution in [2.45, 2.75) is 13.1 Å². The second-order valence-electron chi connectivity index (χ2n) is 6.36. The van der Waals surface area contributed by atoms with E-state index in [2.05, 4.69) is 46.4 Å². The lowest BCUT2D eigenvalue weighted by Crippen LogP contribution is -2.30. The van der Waals surface area contributed by atoms with E-state index in [1.807, 2.05) is 35.7 Å². The average molecular weight is 385 g/mol. The summed E-state index contributed by atoms with van der Waals surface area (Å²) in [7, 11) is 0. The van der Waals surface area contributed by atoms with Gasteiger partial charge in [-0.05, 0) is 28.8 Å². The van der Waals surface area contributed by atoms with Gasteiger partial charge in [0.1, 0.15) is 10.7 Å². The molecule has 0 bridgehead atoms. The minimum atomic E-state index is -0.0945. The van der Waals surface area contributed by atoms with Crippen LogP contribution in [0.15, 0.2) is 90.6 Å². The van der Waals surface area contributed by atoms with Crippen molar-refractivity contribution in [2.24, 2.45) is 0 Å². The molecule has 0 saturated heterocycles. The topological polar surface area (TPSA) is 46.1 Å². The molecule has 4 rings (SSSR count). The Morgan fingerprint density at radius 3 is 2.21 bits per heavy atom. The largest absolute Gasteiger partial charge is 0.326 e. The van der Waals surface area contributed by atoms with Gasteiger partial charge in [-0.3, -0.25) is 9.78 Å². The van der Waals surface area contributed by atoms with E-state index < -0.39 is 0 Å². The molecule has 0 aliphatic heterocycles. The van der Waals surface area contributed by atoms with Crippen LogP contribution in [0.1, 0.15) is 21.1 Å². The maximum atomic E-state index is 13.0. The van der Waals surface area contributed by atoms with Crippen LogP contribution in [0.4, 0.5) is 0 Å². The van der Waals surface area contributed by atoms with Gasteiger partial charge in [0.15, 0.2) is 0 Å². The molecule has 0 atom stereocenters. The number of rotatable bonds is 6. The van der Waals surface area contributed by atoms with Gasteiger partial charge in [-0.25, -0.2) is 4.98 Å². The lowest BCUT2D eigenvalue weighted by atomic mass is 10.0. The molecule has 4 nitrogen and oxygen atoms in total. The van der Waals surface area contributed by atoms with Crippen LogP contribution < -0.4 is 0 Å². The van der Waals surface area contributed by atoms with Crippen molar-refractivity contribution in [2.75, 3.05) is 0 Å². The SMILES string of the molecule is O=C(c1ccccn1)N(Cc1ccc(-c2ccccc2)cc1)Cc1nccs1. The summed E-state index contributed by atoms with van der Waals surface area (Å²) in [6.45, 7) is 0.970. The molecule has 0 unspecified atom stereocenters. The van der Waals surface area contributed by atoms with Crippen molar-refractivity contribution in [3.8, 4) is 11.1 Å². The van der Waals surface area contributed by atoms with Crippen molar-refractivity contribution in [3.63, 3.8) is 0 Å².